The SMILES string of the molecule is Cc1ccc(C2CC=CCC2C#N)cc1. The summed E-state index contributed by atoms with van der Waals surface area (Å²) in [5.74, 6) is 0.540. The molecule has 76 valence electrons. The Morgan fingerprint density at radius 2 is 1.80 bits per heavy atom. The van der Waals surface area contributed by atoms with Crippen molar-refractivity contribution in [1.29, 1.82) is 5.26 Å². The first-order valence-electron chi connectivity index (χ1n) is 5.42. The second kappa shape index (κ2) is 4.31. The fourth-order valence-corrected chi connectivity index (χ4v) is 2.14. The number of hydrogen-bond donors (Lipinski definition) is 0. The number of hydrogen-bond acceptors (Lipinski definition) is 1. The highest BCUT2D eigenvalue weighted by molar-refractivity contribution is 5.28. The first-order valence-corrected chi connectivity index (χ1v) is 5.42. The molecule has 0 spiro atoms. The Kier molecular flexibility index (Phi) is 2.87. The summed E-state index contributed by atoms with van der Waals surface area (Å²) in [6.45, 7) is 2.09. The van der Waals surface area contributed by atoms with E-state index in [0.29, 0.717) is 5.92 Å². The van der Waals surface area contributed by atoms with Gasteiger partial charge in [-0.2, -0.15) is 5.26 Å². The number of aryl methyl sites for hydroxylation is 1. The van der Waals surface area contributed by atoms with E-state index in [9.17, 15) is 0 Å². The Balaban J connectivity index is 2.26. The minimum Gasteiger partial charge on any atom is -0.198 e. The lowest BCUT2D eigenvalue weighted by molar-refractivity contribution is 0.506. The summed E-state index contributed by atoms with van der Waals surface area (Å²) in [4.78, 5) is 0. The van der Waals surface area contributed by atoms with E-state index in [-0.39, 0.29) is 5.92 Å². The topological polar surface area (TPSA) is 23.8 Å². The molecule has 0 aromatic heterocycles. The lowest BCUT2D eigenvalue weighted by Gasteiger charge is -2.23. The zero-order valence-electron chi connectivity index (χ0n) is 8.98. The minimum absolute atomic E-state index is 0.151. The molecule has 0 amide bonds. The van der Waals surface area contributed by atoms with Crippen molar-refractivity contribution < 1.29 is 0 Å². The fraction of sp³-hybridized carbons (Fsp3) is 0.357. The van der Waals surface area contributed by atoms with Crippen molar-refractivity contribution in [2.24, 2.45) is 5.92 Å². The molecule has 1 aliphatic rings. The molecule has 0 radical (unpaired) electrons. The van der Waals surface area contributed by atoms with Crippen molar-refractivity contribution in [2.45, 2.75) is 25.7 Å². The molecule has 1 nitrogen and oxygen atoms in total. The quantitative estimate of drug-likeness (QED) is 0.631. The van der Waals surface area contributed by atoms with E-state index >= 15 is 0 Å². The van der Waals surface area contributed by atoms with Crippen LogP contribution in [0.15, 0.2) is 36.4 Å². The Bertz CT molecular complexity index is 394. The molecule has 0 fully saturated rings. The van der Waals surface area contributed by atoms with Crippen LogP contribution >= 0.6 is 0 Å². The first kappa shape index (κ1) is 9.98. The standard InChI is InChI=1S/C14H15N/c1-11-6-8-12(9-7-11)14-5-3-2-4-13(14)10-15/h2-3,6-9,13-14H,4-5H2,1H3. The summed E-state index contributed by atoms with van der Waals surface area (Å²) in [5.41, 5.74) is 2.58. The Hall–Kier alpha value is -1.55. The highest BCUT2D eigenvalue weighted by Crippen LogP contribution is 2.33. The first-order chi connectivity index (χ1) is 7.31. The van der Waals surface area contributed by atoms with Crippen LogP contribution in [-0.4, -0.2) is 0 Å². The maximum absolute atomic E-state index is 9.09. The average molecular weight is 197 g/mol. The molecule has 0 bridgehead atoms. The van der Waals surface area contributed by atoms with Crippen molar-refractivity contribution in [3.63, 3.8) is 0 Å². The van der Waals surface area contributed by atoms with E-state index in [4.69, 9.17) is 5.26 Å². The van der Waals surface area contributed by atoms with Gasteiger partial charge in [-0.05, 0) is 25.3 Å². The molecule has 2 rings (SSSR count). The molecule has 0 heterocycles. The van der Waals surface area contributed by atoms with E-state index in [2.05, 4.69) is 49.4 Å². The second-order valence-electron chi connectivity index (χ2n) is 4.20. The summed E-state index contributed by atoms with van der Waals surface area (Å²) in [7, 11) is 0. The largest absolute Gasteiger partial charge is 0.198 e. The van der Waals surface area contributed by atoms with Crippen LogP contribution in [0.3, 0.4) is 0 Å². The zero-order valence-corrected chi connectivity index (χ0v) is 8.98. The normalized spacial score (nSPS) is 24.8. The van der Waals surface area contributed by atoms with E-state index < -0.39 is 0 Å². The van der Waals surface area contributed by atoms with Gasteiger partial charge in [-0.1, -0.05) is 42.0 Å². The Morgan fingerprint density at radius 1 is 1.13 bits per heavy atom. The van der Waals surface area contributed by atoms with Crippen LogP contribution in [0.5, 0.6) is 0 Å². The van der Waals surface area contributed by atoms with Crippen LogP contribution in [0, 0.1) is 24.2 Å². The zero-order chi connectivity index (χ0) is 10.7. The van der Waals surface area contributed by atoms with Gasteiger partial charge in [0.05, 0.1) is 12.0 Å². The van der Waals surface area contributed by atoms with E-state index in [1.807, 2.05) is 0 Å². The van der Waals surface area contributed by atoms with Crippen molar-refractivity contribution in [1.82, 2.24) is 0 Å². The van der Waals surface area contributed by atoms with Crippen molar-refractivity contribution >= 4 is 0 Å². The molecule has 2 atom stereocenters. The molecule has 1 aromatic rings. The van der Waals surface area contributed by atoms with Crippen molar-refractivity contribution in [3.05, 3.63) is 47.5 Å². The van der Waals surface area contributed by atoms with E-state index in [1.54, 1.807) is 0 Å². The molecule has 2 unspecified atom stereocenters. The summed E-state index contributed by atoms with van der Waals surface area (Å²) in [6, 6.07) is 11.0. The fourth-order valence-electron chi connectivity index (χ4n) is 2.14. The monoisotopic (exact) mass is 197 g/mol. The van der Waals surface area contributed by atoms with Crippen LogP contribution in [0.4, 0.5) is 0 Å². The molecule has 0 saturated carbocycles. The molecular formula is C14H15N. The molecule has 0 aliphatic heterocycles. The molecule has 1 heteroatoms. The van der Waals surface area contributed by atoms with Crippen LogP contribution in [0.25, 0.3) is 0 Å². The van der Waals surface area contributed by atoms with Gasteiger partial charge in [0, 0.05) is 5.92 Å². The lowest BCUT2D eigenvalue weighted by atomic mass is 9.79. The van der Waals surface area contributed by atoms with Gasteiger partial charge < -0.3 is 0 Å². The highest BCUT2D eigenvalue weighted by Gasteiger charge is 2.23. The van der Waals surface area contributed by atoms with Crippen LogP contribution in [0.2, 0.25) is 0 Å². The molecule has 15 heavy (non-hydrogen) atoms. The molecular weight excluding hydrogens is 182 g/mol. The lowest BCUT2D eigenvalue weighted by Crippen LogP contribution is -2.13. The van der Waals surface area contributed by atoms with Crippen LogP contribution < -0.4 is 0 Å². The Morgan fingerprint density at radius 3 is 2.47 bits per heavy atom. The average Bonchev–Trinajstić information content (AvgIpc) is 2.30. The summed E-state index contributed by atoms with van der Waals surface area (Å²) < 4.78 is 0. The molecule has 0 N–H and O–H groups in total. The maximum atomic E-state index is 9.09. The van der Waals surface area contributed by atoms with Gasteiger partial charge in [-0.3, -0.25) is 0 Å². The Labute approximate surface area is 91.0 Å². The number of allylic oxidation sites excluding steroid dienone is 2. The van der Waals surface area contributed by atoms with Gasteiger partial charge in [-0.25, -0.2) is 0 Å². The maximum Gasteiger partial charge on any atom is 0.0665 e. The van der Waals surface area contributed by atoms with Gasteiger partial charge in [0.25, 0.3) is 0 Å². The van der Waals surface area contributed by atoms with E-state index in [0.717, 1.165) is 12.8 Å². The number of rotatable bonds is 1. The highest BCUT2D eigenvalue weighted by atomic mass is 14.3. The van der Waals surface area contributed by atoms with Gasteiger partial charge in [0.1, 0.15) is 0 Å². The molecule has 0 saturated heterocycles. The number of nitriles is 1. The third-order valence-electron chi connectivity index (χ3n) is 3.10. The summed E-state index contributed by atoms with van der Waals surface area (Å²) >= 11 is 0. The van der Waals surface area contributed by atoms with Gasteiger partial charge in [-0.15, -0.1) is 0 Å². The number of nitrogens with zero attached hydrogens (tertiary/aromatic N) is 1. The van der Waals surface area contributed by atoms with Crippen molar-refractivity contribution in [2.75, 3.05) is 0 Å². The van der Waals surface area contributed by atoms with E-state index in [1.165, 1.54) is 11.1 Å². The predicted molar refractivity (Wildman–Crippen MR) is 61.4 cm³/mol. The van der Waals surface area contributed by atoms with Crippen LogP contribution in [0.1, 0.15) is 29.9 Å². The minimum atomic E-state index is 0.151. The third kappa shape index (κ3) is 2.10. The molecule has 1 aromatic carbocycles. The second-order valence-corrected chi connectivity index (χ2v) is 4.20. The van der Waals surface area contributed by atoms with Gasteiger partial charge >= 0.3 is 0 Å². The van der Waals surface area contributed by atoms with Gasteiger partial charge in [0.2, 0.25) is 0 Å². The smallest absolute Gasteiger partial charge is 0.0665 e. The van der Waals surface area contributed by atoms with Gasteiger partial charge in [0.15, 0.2) is 0 Å². The predicted octanol–water partition coefficient (Wildman–Crippen LogP) is 3.57. The summed E-state index contributed by atoms with van der Waals surface area (Å²) in [6.07, 6.45) is 6.22. The van der Waals surface area contributed by atoms with Crippen LogP contribution in [-0.2, 0) is 0 Å². The van der Waals surface area contributed by atoms with Crippen molar-refractivity contribution in [3.8, 4) is 6.07 Å². The number of benzene rings is 1. The summed E-state index contributed by atoms with van der Waals surface area (Å²) in [5, 5.41) is 9.09. The molecule has 1 aliphatic carbocycles. The third-order valence-corrected chi connectivity index (χ3v) is 3.10.